The Hall–Kier alpha value is -1.65. The summed E-state index contributed by atoms with van der Waals surface area (Å²) < 4.78 is 26.3. The lowest BCUT2D eigenvalue weighted by molar-refractivity contribution is 0.146. The number of aryl methyl sites for hydroxylation is 1. The van der Waals surface area contributed by atoms with E-state index >= 15 is 0 Å². The molecule has 3 nitrogen and oxygen atoms in total. The first-order valence-electron chi connectivity index (χ1n) is 4.04. The number of fused-ring (bicyclic) bond motifs is 1. The molecule has 0 radical (unpaired) electrons. The van der Waals surface area contributed by atoms with E-state index in [0.29, 0.717) is 5.52 Å². The van der Waals surface area contributed by atoms with Crippen molar-refractivity contribution < 1.29 is 13.9 Å². The van der Waals surface area contributed by atoms with E-state index in [1.807, 2.05) is 0 Å². The predicted octanol–water partition coefficient (Wildman–Crippen LogP) is 2.22. The highest BCUT2D eigenvalue weighted by Crippen LogP contribution is 2.32. The van der Waals surface area contributed by atoms with Gasteiger partial charge in [0.15, 0.2) is 0 Å². The summed E-state index contributed by atoms with van der Waals surface area (Å²) in [6.45, 7) is 0. The fourth-order valence-corrected chi connectivity index (χ4v) is 1.48. The number of phenolic OH excluding ortho intramolecular Hbond substituents is 1. The van der Waals surface area contributed by atoms with E-state index < -0.39 is 6.43 Å². The zero-order valence-electron chi connectivity index (χ0n) is 7.41. The molecule has 2 aromatic rings. The maximum absolute atomic E-state index is 12.5. The van der Waals surface area contributed by atoms with Gasteiger partial charge in [0.05, 0.1) is 10.9 Å². The summed E-state index contributed by atoms with van der Waals surface area (Å²) in [7, 11) is 1.56. The van der Waals surface area contributed by atoms with Crippen LogP contribution in [0.2, 0.25) is 0 Å². The molecular weight excluding hydrogens is 190 g/mol. The van der Waals surface area contributed by atoms with E-state index in [-0.39, 0.29) is 16.8 Å². The van der Waals surface area contributed by atoms with Gasteiger partial charge in [0.25, 0.3) is 6.43 Å². The summed E-state index contributed by atoms with van der Waals surface area (Å²) in [5.41, 5.74) is 0.126. The SMILES string of the molecule is Cn1nc(C(F)F)c2c(O)cccc21. The van der Waals surface area contributed by atoms with E-state index in [1.54, 1.807) is 19.2 Å². The van der Waals surface area contributed by atoms with Crippen LogP contribution in [-0.4, -0.2) is 14.9 Å². The molecular formula is C9H8F2N2O. The molecule has 1 aromatic heterocycles. The van der Waals surface area contributed by atoms with Crippen molar-refractivity contribution in [2.45, 2.75) is 6.43 Å². The van der Waals surface area contributed by atoms with Crippen molar-refractivity contribution in [3.63, 3.8) is 0 Å². The standard InChI is InChI=1S/C9H8F2N2O/c1-13-5-3-2-4-6(14)7(5)8(12-13)9(10)11/h2-4,9,14H,1H3. The third kappa shape index (κ3) is 1.13. The van der Waals surface area contributed by atoms with Gasteiger partial charge in [0.2, 0.25) is 0 Å². The van der Waals surface area contributed by atoms with Gasteiger partial charge in [-0.1, -0.05) is 6.07 Å². The molecule has 0 saturated heterocycles. The van der Waals surface area contributed by atoms with Gasteiger partial charge in [-0.3, -0.25) is 4.68 Å². The van der Waals surface area contributed by atoms with Crippen molar-refractivity contribution in [3.8, 4) is 5.75 Å². The highest BCUT2D eigenvalue weighted by molar-refractivity contribution is 5.88. The first-order chi connectivity index (χ1) is 6.61. The predicted molar refractivity (Wildman–Crippen MR) is 47.3 cm³/mol. The van der Waals surface area contributed by atoms with Gasteiger partial charge in [-0.2, -0.15) is 5.10 Å². The summed E-state index contributed by atoms with van der Waals surface area (Å²) in [5, 5.41) is 13.2. The van der Waals surface area contributed by atoms with E-state index in [1.165, 1.54) is 10.7 Å². The fourth-order valence-electron chi connectivity index (χ4n) is 1.48. The lowest BCUT2D eigenvalue weighted by Gasteiger charge is -1.96. The molecule has 0 bridgehead atoms. The van der Waals surface area contributed by atoms with Crippen molar-refractivity contribution in [1.82, 2.24) is 9.78 Å². The Balaban J connectivity index is 2.86. The Labute approximate surface area is 78.6 Å². The Kier molecular flexibility index (Phi) is 1.87. The van der Waals surface area contributed by atoms with Crippen LogP contribution in [0.5, 0.6) is 5.75 Å². The molecule has 0 unspecified atom stereocenters. The molecule has 0 saturated carbocycles. The number of aromatic nitrogens is 2. The van der Waals surface area contributed by atoms with Gasteiger partial charge in [-0.25, -0.2) is 8.78 Å². The second kappa shape index (κ2) is 2.94. The highest BCUT2D eigenvalue weighted by atomic mass is 19.3. The normalized spacial score (nSPS) is 11.4. The number of hydrogen-bond acceptors (Lipinski definition) is 2. The van der Waals surface area contributed by atoms with Crippen LogP contribution in [-0.2, 0) is 7.05 Å². The minimum atomic E-state index is -2.67. The summed E-state index contributed by atoms with van der Waals surface area (Å²) in [6.07, 6.45) is -2.67. The van der Waals surface area contributed by atoms with E-state index in [4.69, 9.17) is 0 Å². The lowest BCUT2D eigenvalue weighted by atomic mass is 10.2. The third-order valence-electron chi connectivity index (χ3n) is 2.09. The van der Waals surface area contributed by atoms with Gasteiger partial charge in [0, 0.05) is 7.05 Å². The lowest BCUT2D eigenvalue weighted by Crippen LogP contribution is -1.91. The Morgan fingerprint density at radius 3 is 2.79 bits per heavy atom. The van der Waals surface area contributed by atoms with Crippen molar-refractivity contribution >= 4 is 10.9 Å². The van der Waals surface area contributed by atoms with Crippen molar-refractivity contribution in [2.75, 3.05) is 0 Å². The van der Waals surface area contributed by atoms with Crippen molar-refractivity contribution in [3.05, 3.63) is 23.9 Å². The Morgan fingerprint density at radius 1 is 1.43 bits per heavy atom. The van der Waals surface area contributed by atoms with Crippen molar-refractivity contribution in [1.29, 1.82) is 0 Å². The number of alkyl halides is 2. The van der Waals surface area contributed by atoms with E-state index in [9.17, 15) is 13.9 Å². The quantitative estimate of drug-likeness (QED) is 0.762. The number of nitrogens with zero attached hydrogens (tertiary/aromatic N) is 2. The Morgan fingerprint density at radius 2 is 2.14 bits per heavy atom. The largest absolute Gasteiger partial charge is 0.507 e. The second-order valence-corrected chi connectivity index (χ2v) is 2.98. The zero-order valence-corrected chi connectivity index (χ0v) is 7.41. The molecule has 0 atom stereocenters. The number of aromatic hydroxyl groups is 1. The number of benzene rings is 1. The van der Waals surface area contributed by atoms with Gasteiger partial charge >= 0.3 is 0 Å². The maximum Gasteiger partial charge on any atom is 0.282 e. The zero-order chi connectivity index (χ0) is 10.3. The van der Waals surface area contributed by atoms with Crippen LogP contribution >= 0.6 is 0 Å². The number of halogens is 2. The van der Waals surface area contributed by atoms with E-state index in [0.717, 1.165) is 0 Å². The second-order valence-electron chi connectivity index (χ2n) is 2.98. The molecule has 0 spiro atoms. The topological polar surface area (TPSA) is 38.0 Å². The Bertz CT molecular complexity index is 479. The third-order valence-corrected chi connectivity index (χ3v) is 2.09. The minimum Gasteiger partial charge on any atom is -0.507 e. The smallest absolute Gasteiger partial charge is 0.282 e. The van der Waals surface area contributed by atoms with E-state index in [2.05, 4.69) is 5.10 Å². The van der Waals surface area contributed by atoms with Gasteiger partial charge in [-0.15, -0.1) is 0 Å². The van der Waals surface area contributed by atoms with Crippen molar-refractivity contribution in [2.24, 2.45) is 7.05 Å². The molecule has 1 N–H and O–H groups in total. The van der Waals surface area contributed by atoms with Crippen LogP contribution in [0.25, 0.3) is 10.9 Å². The molecule has 14 heavy (non-hydrogen) atoms. The van der Waals surface area contributed by atoms with Crippen LogP contribution in [0.4, 0.5) is 8.78 Å². The number of rotatable bonds is 1. The molecule has 0 amide bonds. The van der Waals surface area contributed by atoms with Gasteiger partial charge in [0.1, 0.15) is 11.4 Å². The summed E-state index contributed by atoms with van der Waals surface area (Å²) in [5.74, 6) is -0.161. The highest BCUT2D eigenvalue weighted by Gasteiger charge is 2.19. The molecule has 5 heteroatoms. The molecule has 74 valence electrons. The summed E-state index contributed by atoms with van der Waals surface area (Å²) in [4.78, 5) is 0. The first-order valence-corrected chi connectivity index (χ1v) is 4.04. The van der Waals surface area contributed by atoms with Crippen LogP contribution in [0.1, 0.15) is 12.1 Å². The first kappa shape index (κ1) is 8.93. The molecule has 1 aromatic carbocycles. The monoisotopic (exact) mass is 198 g/mol. The summed E-state index contributed by atoms with van der Waals surface area (Å²) >= 11 is 0. The van der Waals surface area contributed by atoms with Crippen LogP contribution < -0.4 is 0 Å². The molecule has 0 fully saturated rings. The molecule has 0 aliphatic carbocycles. The average Bonchev–Trinajstić information content (AvgIpc) is 2.46. The molecule has 1 heterocycles. The van der Waals surface area contributed by atoms with Crippen LogP contribution in [0, 0.1) is 0 Å². The van der Waals surface area contributed by atoms with Gasteiger partial charge < -0.3 is 5.11 Å². The number of hydrogen-bond donors (Lipinski definition) is 1. The van der Waals surface area contributed by atoms with Crippen LogP contribution in [0.3, 0.4) is 0 Å². The van der Waals surface area contributed by atoms with Crippen LogP contribution in [0.15, 0.2) is 18.2 Å². The number of phenols is 1. The van der Waals surface area contributed by atoms with Gasteiger partial charge in [-0.05, 0) is 12.1 Å². The summed E-state index contributed by atoms with van der Waals surface area (Å²) in [6, 6.07) is 4.60. The molecule has 2 rings (SSSR count). The maximum atomic E-state index is 12.5. The average molecular weight is 198 g/mol. The minimum absolute atomic E-state index is 0.130. The molecule has 0 aliphatic heterocycles. The fraction of sp³-hybridized carbons (Fsp3) is 0.222. The molecule has 0 aliphatic rings.